The highest BCUT2D eigenvalue weighted by Gasteiger charge is 2.21. The van der Waals surface area contributed by atoms with Gasteiger partial charge in [0.1, 0.15) is 0 Å². The highest BCUT2D eigenvalue weighted by molar-refractivity contribution is 5.81. The number of carbonyl (C=O) groups excluding carboxylic acids is 1. The van der Waals surface area contributed by atoms with Crippen molar-refractivity contribution >= 4 is 17.3 Å². The molecule has 0 heterocycles. The lowest BCUT2D eigenvalue weighted by molar-refractivity contribution is -0.384. The van der Waals surface area contributed by atoms with Gasteiger partial charge in [0.15, 0.2) is 17.3 Å². The summed E-state index contributed by atoms with van der Waals surface area (Å²) in [6.07, 6.45) is 0.722. The van der Waals surface area contributed by atoms with Crippen LogP contribution in [0.1, 0.15) is 13.3 Å². The van der Waals surface area contributed by atoms with Crippen molar-refractivity contribution in [3.63, 3.8) is 0 Å². The topological polar surface area (TPSA) is 84.3 Å². The number of carbonyl (C=O) groups is 1. The summed E-state index contributed by atoms with van der Waals surface area (Å²) in [6, 6.07) is 1.50. The Balaban J connectivity index is 2.84. The van der Waals surface area contributed by atoms with E-state index in [9.17, 15) is 23.7 Å². The number of hydrogen-bond donors (Lipinski definition) is 2. The lowest BCUT2D eigenvalue weighted by Crippen LogP contribution is -2.30. The minimum atomic E-state index is -1.38. The maximum Gasteiger partial charge on any atom is 0.295 e. The Bertz CT molecular complexity index is 494. The lowest BCUT2D eigenvalue weighted by atomic mass is 10.2. The van der Waals surface area contributed by atoms with Crippen LogP contribution in [-0.2, 0) is 4.79 Å². The standard InChI is InChI=1S/C11H13F2N3O3/c1-2-5-14-9(17)6-15-11-8(16(18)19)4-3-7(12)10(11)13/h3-4,15H,2,5-6H2,1H3,(H,14,17). The van der Waals surface area contributed by atoms with Crippen LogP contribution in [0.25, 0.3) is 0 Å². The van der Waals surface area contributed by atoms with Gasteiger partial charge in [-0.2, -0.15) is 0 Å². The summed E-state index contributed by atoms with van der Waals surface area (Å²) in [6.45, 7) is 1.92. The van der Waals surface area contributed by atoms with E-state index < -0.39 is 33.8 Å². The van der Waals surface area contributed by atoms with E-state index in [1.54, 1.807) is 0 Å². The predicted molar refractivity (Wildman–Crippen MR) is 64.8 cm³/mol. The number of nitrogens with one attached hydrogen (secondary N) is 2. The third-order valence-corrected chi connectivity index (χ3v) is 2.27. The van der Waals surface area contributed by atoms with Crippen molar-refractivity contribution in [2.45, 2.75) is 13.3 Å². The first-order chi connectivity index (χ1) is 8.97. The normalized spacial score (nSPS) is 10.1. The number of hydrogen-bond acceptors (Lipinski definition) is 4. The minimum Gasteiger partial charge on any atom is -0.368 e. The van der Waals surface area contributed by atoms with Crippen LogP contribution in [0.2, 0.25) is 0 Å². The van der Waals surface area contributed by atoms with Gasteiger partial charge in [0.25, 0.3) is 5.69 Å². The first kappa shape index (κ1) is 14.8. The molecule has 104 valence electrons. The summed E-state index contributed by atoms with van der Waals surface area (Å²) in [5, 5.41) is 15.4. The third-order valence-electron chi connectivity index (χ3n) is 2.27. The predicted octanol–water partition coefficient (Wildman–Crippen LogP) is 1.81. The second-order valence-electron chi connectivity index (χ2n) is 3.72. The van der Waals surface area contributed by atoms with Crippen molar-refractivity contribution < 1.29 is 18.5 Å². The van der Waals surface area contributed by atoms with Crippen LogP contribution < -0.4 is 10.6 Å². The van der Waals surface area contributed by atoms with Crippen LogP contribution in [-0.4, -0.2) is 23.9 Å². The fourth-order valence-electron chi connectivity index (χ4n) is 1.36. The molecule has 0 atom stereocenters. The molecule has 0 aromatic heterocycles. The van der Waals surface area contributed by atoms with Crippen molar-refractivity contribution in [1.82, 2.24) is 5.32 Å². The molecule has 0 aliphatic carbocycles. The Kier molecular flexibility index (Phi) is 5.16. The molecular weight excluding hydrogens is 260 g/mol. The van der Waals surface area contributed by atoms with Gasteiger partial charge in [0.05, 0.1) is 11.5 Å². The SMILES string of the molecule is CCCNC(=O)CNc1c([N+](=O)[O-])ccc(F)c1F. The number of benzene rings is 1. The van der Waals surface area contributed by atoms with Crippen molar-refractivity contribution in [3.8, 4) is 0 Å². The zero-order valence-corrected chi connectivity index (χ0v) is 10.2. The molecule has 19 heavy (non-hydrogen) atoms. The second kappa shape index (κ2) is 6.62. The average molecular weight is 273 g/mol. The molecule has 1 aromatic rings. The number of nitrogens with zero attached hydrogens (tertiary/aromatic N) is 1. The number of halogens is 2. The molecule has 0 saturated carbocycles. The summed E-state index contributed by atoms with van der Waals surface area (Å²) >= 11 is 0. The summed E-state index contributed by atoms with van der Waals surface area (Å²) in [7, 11) is 0. The van der Waals surface area contributed by atoms with Gasteiger partial charge in [-0.25, -0.2) is 8.78 Å². The van der Waals surface area contributed by atoms with Crippen LogP contribution in [0.3, 0.4) is 0 Å². The van der Waals surface area contributed by atoms with E-state index in [1.807, 2.05) is 6.92 Å². The molecule has 0 aliphatic heterocycles. The highest BCUT2D eigenvalue weighted by Crippen LogP contribution is 2.28. The number of rotatable bonds is 6. The fourth-order valence-corrected chi connectivity index (χ4v) is 1.36. The van der Waals surface area contributed by atoms with E-state index in [-0.39, 0.29) is 6.54 Å². The minimum absolute atomic E-state index is 0.374. The Morgan fingerprint density at radius 2 is 2.11 bits per heavy atom. The largest absolute Gasteiger partial charge is 0.368 e. The van der Waals surface area contributed by atoms with Gasteiger partial charge in [0.2, 0.25) is 5.91 Å². The van der Waals surface area contributed by atoms with Crippen LogP contribution in [0.4, 0.5) is 20.2 Å². The first-order valence-electron chi connectivity index (χ1n) is 5.60. The molecule has 2 N–H and O–H groups in total. The van der Waals surface area contributed by atoms with E-state index in [2.05, 4.69) is 10.6 Å². The van der Waals surface area contributed by atoms with Crippen molar-refractivity contribution in [2.75, 3.05) is 18.4 Å². The van der Waals surface area contributed by atoms with Gasteiger partial charge in [-0.15, -0.1) is 0 Å². The molecule has 0 radical (unpaired) electrons. The van der Waals surface area contributed by atoms with E-state index in [0.717, 1.165) is 12.5 Å². The number of amides is 1. The van der Waals surface area contributed by atoms with Gasteiger partial charge in [-0.1, -0.05) is 6.92 Å². The van der Waals surface area contributed by atoms with Gasteiger partial charge >= 0.3 is 0 Å². The summed E-state index contributed by atoms with van der Waals surface area (Å²) in [5.74, 6) is -3.06. The summed E-state index contributed by atoms with van der Waals surface area (Å²) in [4.78, 5) is 21.1. The van der Waals surface area contributed by atoms with E-state index in [4.69, 9.17) is 0 Å². The van der Waals surface area contributed by atoms with Crippen molar-refractivity contribution in [3.05, 3.63) is 33.9 Å². The molecule has 1 amide bonds. The van der Waals surface area contributed by atoms with Crippen LogP contribution in [0.15, 0.2) is 12.1 Å². The summed E-state index contributed by atoms with van der Waals surface area (Å²) < 4.78 is 26.5. The fraction of sp³-hybridized carbons (Fsp3) is 0.364. The lowest BCUT2D eigenvalue weighted by Gasteiger charge is -2.08. The molecular formula is C11H13F2N3O3. The Morgan fingerprint density at radius 1 is 1.42 bits per heavy atom. The molecule has 6 nitrogen and oxygen atoms in total. The maximum atomic E-state index is 13.5. The number of nitro benzene ring substituents is 1. The van der Waals surface area contributed by atoms with Crippen molar-refractivity contribution in [2.24, 2.45) is 0 Å². The monoisotopic (exact) mass is 273 g/mol. The zero-order valence-electron chi connectivity index (χ0n) is 10.2. The second-order valence-corrected chi connectivity index (χ2v) is 3.72. The van der Waals surface area contributed by atoms with Gasteiger partial charge in [-0.05, 0) is 12.5 Å². The van der Waals surface area contributed by atoms with Gasteiger partial charge < -0.3 is 10.6 Å². The molecule has 0 aliphatic rings. The quantitative estimate of drug-likeness (QED) is 0.611. The van der Waals surface area contributed by atoms with Gasteiger partial charge in [-0.3, -0.25) is 14.9 Å². The number of anilines is 1. The smallest absolute Gasteiger partial charge is 0.295 e. The Hall–Kier alpha value is -2.25. The highest BCUT2D eigenvalue weighted by atomic mass is 19.2. The molecule has 0 saturated heterocycles. The molecule has 0 unspecified atom stereocenters. The third kappa shape index (κ3) is 3.87. The molecule has 1 aromatic carbocycles. The molecule has 1 rings (SSSR count). The molecule has 0 bridgehead atoms. The molecule has 8 heteroatoms. The zero-order chi connectivity index (χ0) is 14.4. The molecule has 0 fully saturated rings. The Morgan fingerprint density at radius 3 is 2.68 bits per heavy atom. The Labute approximate surface area is 108 Å². The maximum absolute atomic E-state index is 13.5. The summed E-state index contributed by atoms with van der Waals surface area (Å²) in [5.41, 5.74) is -1.25. The first-order valence-corrected chi connectivity index (χ1v) is 5.60. The van der Waals surface area contributed by atoms with Crippen molar-refractivity contribution in [1.29, 1.82) is 0 Å². The van der Waals surface area contributed by atoms with Crippen LogP contribution in [0.5, 0.6) is 0 Å². The van der Waals surface area contributed by atoms with E-state index >= 15 is 0 Å². The number of nitro groups is 1. The van der Waals surface area contributed by atoms with Gasteiger partial charge in [0, 0.05) is 12.6 Å². The van der Waals surface area contributed by atoms with Crippen LogP contribution in [0, 0.1) is 21.7 Å². The van der Waals surface area contributed by atoms with E-state index in [1.165, 1.54) is 0 Å². The van der Waals surface area contributed by atoms with E-state index in [0.29, 0.717) is 12.6 Å². The van der Waals surface area contributed by atoms with Crippen LogP contribution >= 0.6 is 0 Å². The average Bonchev–Trinajstić information content (AvgIpc) is 2.37. The molecule has 0 spiro atoms.